The Morgan fingerprint density at radius 1 is 1.27 bits per heavy atom. The van der Waals surface area contributed by atoms with Crippen LogP contribution in [0, 0.1) is 5.82 Å². The van der Waals surface area contributed by atoms with Crippen molar-refractivity contribution in [2.75, 3.05) is 6.61 Å². The molecule has 156 valence electrons. The predicted octanol–water partition coefficient (Wildman–Crippen LogP) is 5.04. The quantitative estimate of drug-likeness (QED) is 0.318. The lowest BCUT2D eigenvalue weighted by Gasteiger charge is -2.13. The first-order valence-corrected chi connectivity index (χ1v) is 10.2. The molecule has 3 rings (SSSR count). The highest BCUT2D eigenvalue weighted by molar-refractivity contribution is 9.10. The molecule has 0 spiro atoms. The molecule has 1 heterocycles. The molecule has 0 saturated heterocycles. The van der Waals surface area contributed by atoms with Crippen molar-refractivity contribution in [3.63, 3.8) is 0 Å². The maximum absolute atomic E-state index is 14.0. The summed E-state index contributed by atoms with van der Waals surface area (Å²) < 4.78 is 30.6. The molecule has 8 heteroatoms. The van der Waals surface area contributed by atoms with E-state index in [1.807, 2.05) is 6.92 Å². The number of ether oxygens (including phenoxy) is 3. The van der Waals surface area contributed by atoms with Gasteiger partial charge in [-0.3, -0.25) is 4.79 Å². The molecular formula is C22H19BrFNO5. The van der Waals surface area contributed by atoms with Crippen LogP contribution in [0.5, 0.6) is 11.5 Å². The molecule has 0 unspecified atom stereocenters. The topological polar surface area (TPSA) is 74.2 Å². The Bertz CT molecular complexity index is 1050. The van der Waals surface area contributed by atoms with Crippen molar-refractivity contribution in [3.05, 3.63) is 63.5 Å². The number of aliphatic imine (C=N–C) groups is 1. The average molecular weight is 476 g/mol. The van der Waals surface area contributed by atoms with Gasteiger partial charge >= 0.3 is 11.9 Å². The Morgan fingerprint density at radius 2 is 2.03 bits per heavy atom. The number of esters is 2. The maximum atomic E-state index is 14.0. The van der Waals surface area contributed by atoms with Crippen molar-refractivity contribution in [1.29, 1.82) is 0 Å². The highest BCUT2D eigenvalue weighted by Crippen LogP contribution is 2.38. The zero-order chi connectivity index (χ0) is 21.7. The van der Waals surface area contributed by atoms with Crippen LogP contribution >= 0.6 is 15.9 Å². The van der Waals surface area contributed by atoms with E-state index in [0.717, 1.165) is 0 Å². The lowest BCUT2D eigenvalue weighted by Crippen LogP contribution is -2.09. The third kappa shape index (κ3) is 4.94. The van der Waals surface area contributed by atoms with Gasteiger partial charge in [0.25, 0.3) is 0 Å². The normalized spacial score (nSPS) is 14.5. The first-order chi connectivity index (χ1) is 14.4. The zero-order valence-corrected chi connectivity index (χ0v) is 18.0. The van der Waals surface area contributed by atoms with Crippen LogP contribution in [0.2, 0.25) is 0 Å². The summed E-state index contributed by atoms with van der Waals surface area (Å²) in [5, 5.41) is 0. The van der Waals surface area contributed by atoms with E-state index in [4.69, 9.17) is 14.2 Å². The summed E-state index contributed by atoms with van der Waals surface area (Å²) in [5.74, 6) is -1.09. The van der Waals surface area contributed by atoms with Gasteiger partial charge in [0.1, 0.15) is 5.82 Å². The molecule has 0 fully saturated rings. The Morgan fingerprint density at radius 3 is 2.73 bits per heavy atom. The van der Waals surface area contributed by atoms with Gasteiger partial charge in [-0.2, -0.15) is 0 Å². The zero-order valence-electron chi connectivity index (χ0n) is 16.4. The summed E-state index contributed by atoms with van der Waals surface area (Å²) in [4.78, 5) is 28.2. The van der Waals surface area contributed by atoms with Gasteiger partial charge in [-0.1, -0.05) is 19.1 Å². The number of hydrogen-bond donors (Lipinski definition) is 0. The van der Waals surface area contributed by atoms with Crippen LogP contribution in [0.25, 0.3) is 6.08 Å². The highest BCUT2D eigenvalue weighted by atomic mass is 79.9. The largest absolute Gasteiger partial charge is 0.490 e. The summed E-state index contributed by atoms with van der Waals surface area (Å²) in [6.07, 6.45) is 2.43. The van der Waals surface area contributed by atoms with Gasteiger partial charge in [-0.25, -0.2) is 14.2 Å². The van der Waals surface area contributed by atoms with Gasteiger partial charge in [-0.05, 0) is 65.2 Å². The fourth-order valence-corrected chi connectivity index (χ4v) is 3.26. The number of nitrogens with zero attached hydrogens (tertiary/aromatic N) is 1. The number of hydrogen-bond acceptors (Lipinski definition) is 6. The van der Waals surface area contributed by atoms with Crippen LogP contribution in [0.3, 0.4) is 0 Å². The van der Waals surface area contributed by atoms with Gasteiger partial charge in [0.05, 0.1) is 16.6 Å². The number of rotatable bonds is 7. The Labute approximate surface area is 181 Å². The van der Waals surface area contributed by atoms with Gasteiger partial charge in [0.2, 0.25) is 5.90 Å². The number of halogens is 2. The van der Waals surface area contributed by atoms with Crippen LogP contribution in [-0.2, 0) is 14.3 Å². The van der Waals surface area contributed by atoms with E-state index in [-0.39, 0.29) is 35.3 Å². The van der Waals surface area contributed by atoms with Crippen LogP contribution in [-0.4, -0.2) is 24.4 Å². The van der Waals surface area contributed by atoms with Crippen LogP contribution in [0.1, 0.15) is 37.8 Å². The van der Waals surface area contributed by atoms with Gasteiger partial charge in [0, 0.05) is 6.42 Å². The fourth-order valence-electron chi connectivity index (χ4n) is 2.72. The van der Waals surface area contributed by atoms with Crippen LogP contribution < -0.4 is 9.47 Å². The van der Waals surface area contributed by atoms with Gasteiger partial charge < -0.3 is 14.2 Å². The molecule has 6 nitrogen and oxygen atoms in total. The molecule has 30 heavy (non-hydrogen) atoms. The summed E-state index contributed by atoms with van der Waals surface area (Å²) in [7, 11) is 0. The third-order valence-corrected chi connectivity index (χ3v) is 4.62. The van der Waals surface area contributed by atoms with Crippen molar-refractivity contribution < 1.29 is 28.2 Å². The minimum absolute atomic E-state index is 0.0123. The summed E-state index contributed by atoms with van der Waals surface area (Å²) >= 11 is 3.38. The minimum Gasteiger partial charge on any atom is -0.490 e. The second-order valence-corrected chi connectivity index (χ2v) is 7.16. The smallest absolute Gasteiger partial charge is 0.363 e. The molecule has 2 aromatic rings. The second-order valence-electron chi connectivity index (χ2n) is 6.30. The minimum atomic E-state index is -0.694. The lowest BCUT2D eigenvalue weighted by atomic mass is 10.1. The Hall–Kier alpha value is -3.00. The average Bonchev–Trinajstić information content (AvgIpc) is 3.05. The monoisotopic (exact) mass is 475 g/mol. The van der Waals surface area contributed by atoms with Crippen LogP contribution in [0.15, 0.2) is 51.6 Å². The van der Waals surface area contributed by atoms with Crippen molar-refractivity contribution >= 4 is 39.8 Å². The molecule has 1 aliphatic heterocycles. The SMILES string of the molecule is CCCC(=O)Oc1c(Br)cc(/C=C2\N=C(c3ccccc3F)OC2=O)cc1OCC. The fraction of sp³-hybridized carbons (Fsp3) is 0.227. The Balaban J connectivity index is 1.95. The second kappa shape index (κ2) is 9.67. The summed E-state index contributed by atoms with van der Waals surface area (Å²) in [6, 6.07) is 9.19. The highest BCUT2D eigenvalue weighted by Gasteiger charge is 2.26. The van der Waals surface area contributed by atoms with E-state index in [2.05, 4.69) is 20.9 Å². The molecule has 0 atom stereocenters. The van der Waals surface area contributed by atoms with Crippen molar-refractivity contribution in [3.8, 4) is 11.5 Å². The molecule has 0 bridgehead atoms. The standard InChI is InChI=1S/C22H19BrFNO5/c1-3-7-19(26)29-20-15(23)10-13(12-18(20)28-4-2)11-17-22(27)30-21(25-17)14-8-5-6-9-16(14)24/h5-6,8-12H,3-4,7H2,1-2H3/b17-11-. The molecule has 0 radical (unpaired) electrons. The van der Waals surface area contributed by atoms with Crippen molar-refractivity contribution in [2.45, 2.75) is 26.7 Å². The molecule has 1 aliphatic rings. The van der Waals surface area contributed by atoms with Crippen LogP contribution in [0.4, 0.5) is 4.39 Å². The Kier molecular flexibility index (Phi) is 6.99. The first kappa shape index (κ1) is 21.7. The number of benzene rings is 2. The van der Waals surface area contributed by atoms with E-state index in [0.29, 0.717) is 28.8 Å². The molecular weight excluding hydrogens is 457 g/mol. The summed E-state index contributed by atoms with van der Waals surface area (Å²) in [5.41, 5.74) is 0.674. The predicted molar refractivity (Wildman–Crippen MR) is 113 cm³/mol. The number of carbonyl (C=O) groups is 2. The van der Waals surface area contributed by atoms with E-state index in [9.17, 15) is 14.0 Å². The van der Waals surface area contributed by atoms with E-state index >= 15 is 0 Å². The molecule has 0 aliphatic carbocycles. The van der Waals surface area contributed by atoms with Gasteiger partial charge in [0.15, 0.2) is 17.2 Å². The van der Waals surface area contributed by atoms with E-state index < -0.39 is 11.8 Å². The van der Waals surface area contributed by atoms with Crippen molar-refractivity contribution in [2.24, 2.45) is 4.99 Å². The van der Waals surface area contributed by atoms with E-state index in [1.54, 1.807) is 25.1 Å². The molecule has 0 saturated carbocycles. The number of cyclic esters (lactones) is 1. The molecule has 0 N–H and O–H groups in total. The van der Waals surface area contributed by atoms with E-state index in [1.165, 1.54) is 24.3 Å². The van der Waals surface area contributed by atoms with Crippen molar-refractivity contribution in [1.82, 2.24) is 0 Å². The summed E-state index contributed by atoms with van der Waals surface area (Å²) in [6.45, 7) is 4.03. The first-order valence-electron chi connectivity index (χ1n) is 9.37. The molecule has 0 aromatic heterocycles. The third-order valence-electron chi connectivity index (χ3n) is 4.03. The molecule has 0 amide bonds. The lowest BCUT2D eigenvalue weighted by molar-refractivity contribution is -0.134. The molecule has 2 aromatic carbocycles. The van der Waals surface area contributed by atoms with Gasteiger partial charge in [-0.15, -0.1) is 0 Å². The number of carbonyl (C=O) groups excluding carboxylic acids is 2. The maximum Gasteiger partial charge on any atom is 0.363 e.